The Kier molecular flexibility index (Phi) is 7.00. The summed E-state index contributed by atoms with van der Waals surface area (Å²) in [5.41, 5.74) is 2.36. The number of imide groups is 1. The molecule has 2 aliphatic heterocycles. The fraction of sp³-hybridized carbons (Fsp3) is 0.462. The maximum absolute atomic E-state index is 12.3. The molecule has 2 aromatic carbocycles. The van der Waals surface area contributed by atoms with E-state index < -0.39 is 0 Å². The number of carbonyl (C=O) groups is 2. The molecule has 33 heavy (non-hydrogen) atoms. The Morgan fingerprint density at radius 2 is 1.39 bits per heavy atom. The van der Waals surface area contributed by atoms with E-state index >= 15 is 0 Å². The molecule has 4 rings (SSSR count). The second-order valence-electron chi connectivity index (χ2n) is 9.41. The van der Waals surface area contributed by atoms with E-state index in [2.05, 4.69) is 42.7 Å². The molecule has 0 aromatic heterocycles. The van der Waals surface area contributed by atoms with Crippen LogP contribution in [0, 0.1) is 0 Å². The SMILES string of the molecule is CC(C)(C)N1CCN(c2ccc(OCCOCCN3C(=O)c4ccccc4C3=O)cc2)CC1. The van der Waals surface area contributed by atoms with Crippen molar-refractivity contribution in [2.45, 2.75) is 26.3 Å². The molecule has 2 amide bonds. The second kappa shape index (κ2) is 9.93. The second-order valence-corrected chi connectivity index (χ2v) is 9.41. The summed E-state index contributed by atoms with van der Waals surface area (Å²) in [6.45, 7) is 12.3. The van der Waals surface area contributed by atoms with E-state index in [0.29, 0.717) is 24.3 Å². The molecule has 0 atom stereocenters. The van der Waals surface area contributed by atoms with Gasteiger partial charge in [0.2, 0.25) is 0 Å². The Labute approximate surface area is 195 Å². The quantitative estimate of drug-likeness (QED) is 0.453. The normalized spacial score (nSPS) is 16.9. The topological polar surface area (TPSA) is 62.3 Å². The summed E-state index contributed by atoms with van der Waals surface area (Å²) in [4.78, 5) is 30.8. The van der Waals surface area contributed by atoms with Crippen LogP contribution in [-0.4, -0.2) is 79.7 Å². The monoisotopic (exact) mass is 451 g/mol. The van der Waals surface area contributed by atoms with Crippen molar-refractivity contribution in [3.8, 4) is 5.75 Å². The molecule has 0 bridgehead atoms. The number of ether oxygens (including phenoxy) is 2. The van der Waals surface area contributed by atoms with Crippen LogP contribution in [0.5, 0.6) is 5.75 Å². The van der Waals surface area contributed by atoms with Gasteiger partial charge in [0.1, 0.15) is 12.4 Å². The average Bonchev–Trinajstić information content (AvgIpc) is 3.06. The minimum Gasteiger partial charge on any atom is -0.491 e. The number of rotatable bonds is 8. The van der Waals surface area contributed by atoms with Crippen LogP contribution in [0.1, 0.15) is 41.5 Å². The number of nitrogens with zero attached hydrogens (tertiary/aromatic N) is 3. The fourth-order valence-electron chi connectivity index (χ4n) is 4.31. The molecule has 2 aliphatic rings. The van der Waals surface area contributed by atoms with Crippen molar-refractivity contribution in [3.05, 3.63) is 59.7 Å². The summed E-state index contributed by atoms with van der Waals surface area (Å²) in [7, 11) is 0. The van der Waals surface area contributed by atoms with Gasteiger partial charge in [-0.1, -0.05) is 12.1 Å². The van der Waals surface area contributed by atoms with Gasteiger partial charge in [0.15, 0.2) is 0 Å². The first-order chi connectivity index (χ1) is 15.8. The number of benzene rings is 2. The average molecular weight is 452 g/mol. The third-order valence-electron chi connectivity index (χ3n) is 6.26. The van der Waals surface area contributed by atoms with Crippen molar-refractivity contribution < 1.29 is 19.1 Å². The van der Waals surface area contributed by atoms with Crippen LogP contribution < -0.4 is 9.64 Å². The minimum absolute atomic E-state index is 0.219. The maximum atomic E-state index is 12.3. The molecule has 0 spiro atoms. The maximum Gasteiger partial charge on any atom is 0.261 e. The van der Waals surface area contributed by atoms with Gasteiger partial charge >= 0.3 is 0 Å². The van der Waals surface area contributed by atoms with Crippen LogP contribution in [0.25, 0.3) is 0 Å². The molecule has 2 heterocycles. The van der Waals surface area contributed by atoms with Crippen LogP contribution in [0.4, 0.5) is 5.69 Å². The third-order valence-corrected chi connectivity index (χ3v) is 6.26. The van der Waals surface area contributed by atoms with Crippen LogP contribution >= 0.6 is 0 Å². The molecule has 176 valence electrons. The number of anilines is 1. The standard InChI is InChI=1S/C26H33N3O4/c1-26(2,3)28-14-12-27(13-15-28)20-8-10-21(11-9-20)33-19-18-32-17-16-29-24(30)22-6-4-5-7-23(22)25(29)31/h4-11H,12-19H2,1-3H3. The predicted octanol–water partition coefficient (Wildman–Crippen LogP) is 3.30. The number of hydrogen-bond acceptors (Lipinski definition) is 6. The molecule has 0 aliphatic carbocycles. The number of amides is 2. The van der Waals surface area contributed by atoms with Crippen molar-refractivity contribution in [3.63, 3.8) is 0 Å². The van der Waals surface area contributed by atoms with Gasteiger partial charge in [-0.15, -0.1) is 0 Å². The molecular weight excluding hydrogens is 418 g/mol. The Hall–Kier alpha value is -2.90. The predicted molar refractivity (Wildman–Crippen MR) is 128 cm³/mol. The van der Waals surface area contributed by atoms with E-state index in [1.165, 1.54) is 10.6 Å². The highest BCUT2D eigenvalue weighted by Gasteiger charge is 2.34. The van der Waals surface area contributed by atoms with E-state index in [1.807, 2.05) is 12.1 Å². The fourth-order valence-corrected chi connectivity index (χ4v) is 4.31. The zero-order chi connectivity index (χ0) is 23.4. The van der Waals surface area contributed by atoms with Gasteiger partial charge in [-0.25, -0.2) is 0 Å². The van der Waals surface area contributed by atoms with Crippen molar-refractivity contribution in [1.82, 2.24) is 9.80 Å². The van der Waals surface area contributed by atoms with Gasteiger partial charge < -0.3 is 14.4 Å². The Morgan fingerprint density at radius 3 is 1.97 bits per heavy atom. The highest BCUT2D eigenvalue weighted by molar-refractivity contribution is 6.21. The number of carbonyl (C=O) groups excluding carboxylic acids is 2. The zero-order valence-electron chi connectivity index (χ0n) is 19.8. The van der Waals surface area contributed by atoms with Crippen LogP contribution in [0.2, 0.25) is 0 Å². The zero-order valence-corrected chi connectivity index (χ0v) is 19.8. The van der Waals surface area contributed by atoms with Crippen LogP contribution in [0.3, 0.4) is 0 Å². The van der Waals surface area contributed by atoms with Crippen molar-refractivity contribution in [2.75, 3.05) is 57.4 Å². The molecule has 0 saturated carbocycles. The van der Waals surface area contributed by atoms with Gasteiger partial charge in [-0.05, 0) is 57.2 Å². The molecule has 7 heteroatoms. The van der Waals surface area contributed by atoms with Gasteiger partial charge in [0, 0.05) is 37.4 Å². The molecule has 2 aromatic rings. The van der Waals surface area contributed by atoms with Crippen molar-refractivity contribution in [2.24, 2.45) is 0 Å². The summed E-state index contributed by atoms with van der Waals surface area (Å²) in [6, 6.07) is 15.1. The van der Waals surface area contributed by atoms with Crippen LogP contribution in [0.15, 0.2) is 48.5 Å². The van der Waals surface area contributed by atoms with E-state index in [4.69, 9.17) is 9.47 Å². The highest BCUT2D eigenvalue weighted by atomic mass is 16.5. The summed E-state index contributed by atoms with van der Waals surface area (Å²) in [5, 5.41) is 0. The van der Waals surface area contributed by atoms with E-state index in [9.17, 15) is 9.59 Å². The Morgan fingerprint density at radius 1 is 0.788 bits per heavy atom. The van der Waals surface area contributed by atoms with Crippen molar-refractivity contribution in [1.29, 1.82) is 0 Å². The molecule has 0 N–H and O–H groups in total. The molecule has 1 saturated heterocycles. The van der Waals surface area contributed by atoms with Gasteiger partial charge in [-0.3, -0.25) is 19.4 Å². The van der Waals surface area contributed by atoms with Gasteiger partial charge in [-0.2, -0.15) is 0 Å². The van der Waals surface area contributed by atoms with Gasteiger partial charge in [0.05, 0.1) is 30.9 Å². The highest BCUT2D eigenvalue weighted by Crippen LogP contribution is 2.24. The lowest BCUT2D eigenvalue weighted by molar-refractivity contribution is 0.0528. The molecule has 0 unspecified atom stereocenters. The first-order valence-corrected chi connectivity index (χ1v) is 11.6. The molecule has 1 fully saturated rings. The minimum atomic E-state index is -0.254. The lowest BCUT2D eigenvalue weighted by Gasteiger charge is -2.43. The molecular formula is C26H33N3O4. The lowest BCUT2D eigenvalue weighted by atomic mass is 10.0. The first-order valence-electron chi connectivity index (χ1n) is 11.6. The summed E-state index contributed by atoms with van der Waals surface area (Å²) in [6.07, 6.45) is 0. The number of hydrogen-bond donors (Lipinski definition) is 0. The number of piperazine rings is 1. The first kappa shape index (κ1) is 23.3. The summed E-state index contributed by atoms with van der Waals surface area (Å²) < 4.78 is 11.4. The lowest BCUT2D eigenvalue weighted by Crippen LogP contribution is -2.53. The molecule has 0 radical (unpaired) electrons. The van der Waals surface area contributed by atoms with Crippen LogP contribution in [-0.2, 0) is 4.74 Å². The largest absolute Gasteiger partial charge is 0.491 e. The number of fused-ring (bicyclic) bond motifs is 1. The Balaban J connectivity index is 1.14. The summed E-state index contributed by atoms with van der Waals surface area (Å²) in [5.74, 6) is 0.293. The Bertz CT molecular complexity index is 941. The van der Waals surface area contributed by atoms with E-state index in [-0.39, 0.29) is 30.5 Å². The van der Waals surface area contributed by atoms with E-state index in [0.717, 1.165) is 31.9 Å². The van der Waals surface area contributed by atoms with E-state index in [1.54, 1.807) is 24.3 Å². The smallest absolute Gasteiger partial charge is 0.261 e. The van der Waals surface area contributed by atoms with Crippen molar-refractivity contribution >= 4 is 17.5 Å². The molecule has 7 nitrogen and oxygen atoms in total. The van der Waals surface area contributed by atoms with Gasteiger partial charge in [0.25, 0.3) is 11.8 Å². The third kappa shape index (κ3) is 5.37. The summed E-state index contributed by atoms with van der Waals surface area (Å²) >= 11 is 0.